The van der Waals surface area contributed by atoms with E-state index in [-0.39, 0.29) is 24.0 Å². The van der Waals surface area contributed by atoms with E-state index in [0.717, 1.165) is 16.7 Å². The fraction of sp³-hybridized carbons (Fsp3) is 0.190. The van der Waals surface area contributed by atoms with Gasteiger partial charge in [-0.25, -0.2) is 0 Å². The van der Waals surface area contributed by atoms with Crippen molar-refractivity contribution in [2.24, 2.45) is 0 Å². The second-order valence-electron chi connectivity index (χ2n) is 6.89. The Balaban J connectivity index is 1.58. The van der Waals surface area contributed by atoms with Crippen LogP contribution in [0.1, 0.15) is 49.5 Å². The molecule has 4 amide bonds. The van der Waals surface area contributed by atoms with Gasteiger partial charge < -0.3 is 5.32 Å². The number of amides is 4. The number of rotatable bonds is 5. The van der Waals surface area contributed by atoms with Gasteiger partial charge in [-0.05, 0) is 24.1 Å². The summed E-state index contributed by atoms with van der Waals surface area (Å²) in [6, 6.07) is 10.9. The molecule has 1 atom stereocenters. The van der Waals surface area contributed by atoms with Crippen molar-refractivity contribution in [3.05, 3.63) is 64.7 Å². The first kappa shape index (κ1) is 18.5. The van der Waals surface area contributed by atoms with Crippen molar-refractivity contribution < 1.29 is 24.0 Å². The van der Waals surface area contributed by atoms with Crippen molar-refractivity contribution in [2.45, 2.75) is 25.4 Å². The summed E-state index contributed by atoms with van der Waals surface area (Å²) >= 11 is 0. The van der Waals surface area contributed by atoms with Crippen LogP contribution < -0.4 is 10.6 Å². The van der Waals surface area contributed by atoms with E-state index in [4.69, 9.17) is 0 Å². The molecule has 29 heavy (non-hydrogen) atoms. The molecule has 1 saturated heterocycles. The number of aldehydes is 1. The SMILES string of the molecule is O=Cc1ccc(CNc2cccc3c2C(=O)N(C2CCC(=O)NC2=O)C3=O)cc1. The average molecular weight is 391 g/mol. The Morgan fingerprint density at radius 2 is 1.79 bits per heavy atom. The molecule has 0 bridgehead atoms. The van der Waals surface area contributed by atoms with Crippen molar-refractivity contribution in [1.29, 1.82) is 0 Å². The minimum Gasteiger partial charge on any atom is -0.380 e. The van der Waals surface area contributed by atoms with E-state index >= 15 is 0 Å². The summed E-state index contributed by atoms with van der Waals surface area (Å²) in [5.74, 6) is -2.15. The highest BCUT2D eigenvalue weighted by molar-refractivity contribution is 6.25. The fourth-order valence-corrected chi connectivity index (χ4v) is 3.57. The van der Waals surface area contributed by atoms with Gasteiger partial charge in [-0.3, -0.25) is 34.2 Å². The Morgan fingerprint density at radius 3 is 2.48 bits per heavy atom. The van der Waals surface area contributed by atoms with E-state index < -0.39 is 29.7 Å². The van der Waals surface area contributed by atoms with Crippen molar-refractivity contribution in [2.75, 3.05) is 5.32 Å². The second kappa shape index (κ2) is 7.31. The fourth-order valence-electron chi connectivity index (χ4n) is 3.57. The van der Waals surface area contributed by atoms with E-state index in [2.05, 4.69) is 10.6 Å². The first-order chi connectivity index (χ1) is 14.0. The van der Waals surface area contributed by atoms with Crippen LogP contribution in [-0.4, -0.2) is 40.9 Å². The molecular weight excluding hydrogens is 374 g/mol. The lowest BCUT2D eigenvalue weighted by Crippen LogP contribution is -2.54. The zero-order valence-corrected chi connectivity index (χ0v) is 15.3. The molecule has 2 heterocycles. The maximum absolute atomic E-state index is 13.0. The van der Waals surface area contributed by atoms with Crippen molar-refractivity contribution in [3.63, 3.8) is 0 Å². The number of imide groups is 2. The van der Waals surface area contributed by atoms with Gasteiger partial charge in [0.2, 0.25) is 11.8 Å². The predicted molar refractivity (Wildman–Crippen MR) is 102 cm³/mol. The van der Waals surface area contributed by atoms with Gasteiger partial charge in [-0.1, -0.05) is 30.3 Å². The highest BCUT2D eigenvalue weighted by Gasteiger charge is 2.45. The summed E-state index contributed by atoms with van der Waals surface area (Å²) in [4.78, 5) is 61.1. The first-order valence-corrected chi connectivity index (χ1v) is 9.12. The predicted octanol–water partition coefficient (Wildman–Crippen LogP) is 1.51. The third-order valence-electron chi connectivity index (χ3n) is 5.07. The summed E-state index contributed by atoms with van der Waals surface area (Å²) in [6.45, 7) is 0.384. The number of piperidine rings is 1. The molecule has 2 aliphatic heterocycles. The molecule has 2 aliphatic rings. The zero-order valence-electron chi connectivity index (χ0n) is 15.3. The lowest BCUT2D eigenvalue weighted by molar-refractivity contribution is -0.136. The van der Waals surface area contributed by atoms with Gasteiger partial charge in [0.05, 0.1) is 11.1 Å². The number of carbonyl (C=O) groups is 5. The van der Waals surface area contributed by atoms with Crippen molar-refractivity contribution in [3.8, 4) is 0 Å². The Kier molecular flexibility index (Phi) is 4.67. The largest absolute Gasteiger partial charge is 0.380 e. The van der Waals surface area contributed by atoms with Gasteiger partial charge >= 0.3 is 0 Å². The Labute approximate surface area is 165 Å². The van der Waals surface area contributed by atoms with Gasteiger partial charge in [-0.15, -0.1) is 0 Å². The maximum atomic E-state index is 13.0. The quantitative estimate of drug-likeness (QED) is 0.590. The molecule has 1 unspecified atom stereocenters. The highest BCUT2D eigenvalue weighted by atomic mass is 16.2. The molecule has 2 aromatic carbocycles. The van der Waals surface area contributed by atoms with Gasteiger partial charge in [0.25, 0.3) is 11.8 Å². The number of anilines is 1. The van der Waals surface area contributed by atoms with Crippen molar-refractivity contribution in [1.82, 2.24) is 10.2 Å². The van der Waals surface area contributed by atoms with E-state index in [1.54, 1.807) is 42.5 Å². The number of fused-ring (bicyclic) bond motifs is 1. The third-order valence-corrected chi connectivity index (χ3v) is 5.07. The molecule has 2 N–H and O–H groups in total. The van der Waals surface area contributed by atoms with E-state index in [1.807, 2.05) is 0 Å². The monoisotopic (exact) mass is 391 g/mol. The van der Waals surface area contributed by atoms with Crippen LogP contribution in [0.3, 0.4) is 0 Å². The number of hydrogen-bond donors (Lipinski definition) is 2. The van der Waals surface area contributed by atoms with Crippen LogP contribution >= 0.6 is 0 Å². The van der Waals surface area contributed by atoms with Crippen LogP contribution in [-0.2, 0) is 16.1 Å². The normalized spacial score (nSPS) is 18.5. The molecule has 8 heteroatoms. The van der Waals surface area contributed by atoms with E-state index in [9.17, 15) is 24.0 Å². The minimum absolute atomic E-state index is 0.0751. The van der Waals surface area contributed by atoms with Crippen LogP contribution in [0.4, 0.5) is 5.69 Å². The van der Waals surface area contributed by atoms with Gasteiger partial charge in [0, 0.05) is 24.2 Å². The molecule has 0 saturated carbocycles. The highest BCUT2D eigenvalue weighted by Crippen LogP contribution is 2.32. The summed E-state index contributed by atoms with van der Waals surface area (Å²) in [6.07, 6.45) is 0.947. The maximum Gasteiger partial charge on any atom is 0.264 e. The van der Waals surface area contributed by atoms with Gasteiger partial charge in [0.15, 0.2) is 0 Å². The molecular formula is C21H17N3O5. The molecule has 1 fully saturated rings. The molecule has 0 radical (unpaired) electrons. The van der Waals surface area contributed by atoms with Crippen LogP contribution in [0.15, 0.2) is 42.5 Å². The van der Waals surface area contributed by atoms with E-state index in [1.165, 1.54) is 0 Å². The van der Waals surface area contributed by atoms with Crippen LogP contribution in [0.2, 0.25) is 0 Å². The molecule has 0 spiro atoms. The van der Waals surface area contributed by atoms with E-state index in [0.29, 0.717) is 17.8 Å². The Hall–Kier alpha value is -3.81. The lowest BCUT2D eigenvalue weighted by Gasteiger charge is -2.27. The molecule has 0 aliphatic carbocycles. The molecule has 0 aromatic heterocycles. The molecule has 2 aromatic rings. The minimum atomic E-state index is -0.996. The molecule has 4 rings (SSSR count). The Bertz CT molecular complexity index is 1040. The molecule has 8 nitrogen and oxygen atoms in total. The zero-order chi connectivity index (χ0) is 20.5. The van der Waals surface area contributed by atoms with Gasteiger partial charge in [0.1, 0.15) is 12.3 Å². The summed E-state index contributed by atoms with van der Waals surface area (Å²) < 4.78 is 0. The lowest BCUT2D eigenvalue weighted by atomic mass is 10.0. The smallest absolute Gasteiger partial charge is 0.264 e. The number of carbonyl (C=O) groups excluding carboxylic acids is 5. The number of benzene rings is 2. The van der Waals surface area contributed by atoms with Crippen LogP contribution in [0.25, 0.3) is 0 Å². The number of hydrogen-bond acceptors (Lipinski definition) is 6. The topological polar surface area (TPSA) is 113 Å². The Morgan fingerprint density at radius 1 is 1.03 bits per heavy atom. The number of nitrogens with one attached hydrogen (secondary N) is 2. The summed E-state index contributed by atoms with van der Waals surface area (Å²) in [7, 11) is 0. The standard InChI is InChI=1S/C21H17N3O5/c25-11-13-6-4-12(5-7-13)10-22-15-3-1-2-14-18(15)21(29)24(20(14)28)16-8-9-17(26)23-19(16)27/h1-7,11,16,22H,8-10H2,(H,23,26,27). The van der Waals surface area contributed by atoms with Gasteiger partial charge in [-0.2, -0.15) is 0 Å². The summed E-state index contributed by atoms with van der Waals surface area (Å²) in [5.41, 5.74) is 2.38. The third kappa shape index (κ3) is 3.29. The van der Waals surface area contributed by atoms with Crippen LogP contribution in [0, 0.1) is 0 Å². The first-order valence-electron chi connectivity index (χ1n) is 9.12. The number of nitrogens with zero attached hydrogens (tertiary/aromatic N) is 1. The second-order valence-corrected chi connectivity index (χ2v) is 6.89. The molecule has 146 valence electrons. The average Bonchev–Trinajstić information content (AvgIpc) is 2.98. The summed E-state index contributed by atoms with van der Waals surface area (Å²) in [5, 5.41) is 5.33. The van der Waals surface area contributed by atoms with Crippen LogP contribution in [0.5, 0.6) is 0 Å². The van der Waals surface area contributed by atoms with Crippen molar-refractivity contribution >= 4 is 35.6 Å².